The summed E-state index contributed by atoms with van der Waals surface area (Å²) in [7, 11) is -2.42. The maximum Gasteiger partial charge on any atom is 0.265 e. The van der Waals surface area contributed by atoms with Gasteiger partial charge in [-0.15, -0.1) is 11.8 Å². The normalized spacial score (nSPS) is 16.0. The number of hydroxylamine groups is 1. The standard InChI is InChI=1S/C24H31NO7S2/c1-23(2,17-33-20-8-4-18(30-3)5-9-20)16-32-19-6-10-21(11-7-19)34(28,29)24(22(26)25-27)12-14-31-15-13-24/h4-11,27H,12-17H2,1-3H3,(H,25,26). The zero-order valence-corrected chi connectivity index (χ0v) is 21.2. The average Bonchev–Trinajstić information content (AvgIpc) is 2.86. The van der Waals surface area contributed by atoms with E-state index in [-0.39, 0.29) is 36.4 Å². The molecule has 3 rings (SSSR count). The summed E-state index contributed by atoms with van der Waals surface area (Å²) in [6.45, 7) is 4.89. The molecule has 34 heavy (non-hydrogen) atoms. The number of thioether (sulfide) groups is 1. The van der Waals surface area contributed by atoms with Crippen LogP contribution in [0.15, 0.2) is 58.3 Å². The lowest BCUT2D eigenvalue weighted by Gasteiger charge is -2.34. The maximum absolute atomic E-state index is 13.3. The molecule has 1 heterocycles. The fourth-order valence-corrected chi connectivity index (χ4v) is 6.54. The van der Waals surface area contributed by atoms with Crippen molar-refractivity contribution >= 4 is 27.5 Å². The van der Waals surface area contributed by atoms with Crippen molar-refractivity contribution in [3.05, 3.63) is 48.5 Å². The van der Waals surface area contributed by atoms with Gasteiger partial charge in [0.2, 0.25) is 0 Å². The summed E-state index contributed by atoms with van der Waals surface area (Å²) in [6.07, 6.45) is -0.0555. The highest BCUT2D eigenvalue weighted by atomic mass is 32.2. The fraction of sp³-hybridized carbons (Fsp3) is 0.458. The van der Waals surface area contributed by atoms with E-state index < -0.39 is 20.5 Å². The number of carbonyl (C=O) groups is 1. The van der Waals surface area contributed by atoms with Gasteiger partial charge in [-0.2, -0.15) is 0 Å². The van der Waals surface area contributed by atoms with E-state index in [1.807, 2.05) is 24.3 Å². The van der Waals surface area contributed by atoms with E-state index in [1.54, 1.807) is 31.0 Å². The number of carbonyl (C=O) groups excluding carboxylic acids is 1. The lowest BCUT2D eigenvalue weighted by Crippen LogP contribution is -2.54. The lowest BCUT2D eigenvalue weighted by molar-refractivity contribution is -0.134. The Balaban J connectivity index is 1.63. The van der Waals surface area contributed by atoms with Crippen molar-refractivity contribution in [3.8, 4) is 11.5 Å². The van der Waals surface area contributed by atoms with Crippen LogP contribution in [0.2, 0.25) is 0 Å². The van der Waals surface area contributed by atoms with Crippen LogP contribution in [-0.2, 0) is 19.4 Å². The van der Waals surface area contributed by atoms with Crippen LogP contribution >= 0.6 is 11.8 Å². The van der Waals surface area contributed by atoms with Gasteiger partial charge < -0.3 is 14.2 Å². The Morgan fingerprint density at radius 2 is 1.68 bits per heavy atom. The van der Waals surface area contributed by atoms with Crippen LogP contribution in [0, 0.1) is 5.41 Å². The van der Waals surface area contributed by atoms with E-state index in [2.05, 4.69) is 13.8 Å². The molecule has 0 bridgehead atoms. The molecule has 2 aromatic rings. The SMILES string of the molecule is COc1ccc(SCC(C)(C)COc2ccc(S(=O)(=O)C3(C(=O)NO)CCOCC3)cc2)cc1. The second-order valence-electron chi connectivity index (χ2n) is 8.94. The summed E-state index contributed by atoms with van der Waals surface area (Å²) < 4.78 is 41.2. The monoisotopic (exact) mass is 509 g/mol. The summed E-state index contributed by atoms with van der Waals surface area (Å²) in [5, 5.41) is 9.16. The number of hydrogen-bond donors (Lipinski definition) is 2. The largest absolute Gasteiger partial charge is 0.497 e. The zero-order valence-electron chi connectivity index (χ0n) is 19.6. The van der Waals surface area contributed by atoms with Gasteiger partial charge in [-0.1, -0.05) is 13.8 Å². The van der Waals surface area contributed by atoms with Crippen LogP contribution in [0.3, 0.4) is 0 Å². The van der Waals surface area contributed by atoms with Crippen molar-refractivity contribution < 1.29 is 32.6 Å². The molecule has 0 radical (unpaired) electrons. The fourth-order valence-electron chi connectivity index (χ4n) is 3.63. The van der Waals surface area contributed by atoms with E-state index in [0.29, 0.717) is 12.4 Å². The van der Waals surface area contributed by atoms with Crippen molar-refractivity contribution in [2.24, 2.45) is 5.41 Å². The van der Waals surface area contributed by atoms with E-state index >= 15 is 0 Å². The van der Waals surface area contributed by atoms with Crippen LogP contribution in [0.25, 0.3) is 0 Å². The third-order valence-electron chi connectivity index (χ3n) is 5.78. The van der Waals surface area contributed by atoms with Gasteiger partial charge in [-0.05, 0) is 61.4 Å². The van der Waals surface area contributed by atoms with Gasteiger partial charge >= 0.3 is 0 Å². The van der Waals surface area contributed by atoms with Crippen LogP contribution in [0.4, 0.5) is 0 Å². The summed E-state index contributed by atoms with van der Waals surface area (Å²) in [6, 6.07) is 13.9. The van der Waals surface area contributed by atoms with Crippen LogP contribution < -0.4 is 15.0 Å². The molecule has 0 aliphatic carbocycles. The molecule has 1 aliphatic rings. The number of hydrogen-bond acceptors (Lipinski definition) is 8. The first kappa shape index (κ1) is 26.3. The molecule has 2 N–H and O–H groups in total. The van der Waals surface area contributed by atoms with Gasteiger partial charge in [0.15, 0.2) is 14.6 Å². The highest BCUT2D eigenvalue weighted by Gasteiger charge is 2.52. The first-order chi connectivity index (χ1) is 16.1. The number of benzene rings is 2. The molecule has 8 nitrogen and oxygen atoms in total. The van der Waals surface area contributed by atoms with Gasteiger partial charge in [0.05, 0.1) is 18.6 Å². The minimum Gasteiger partial charge on any atom is -0.497 e. The van der Waals surface area contributed by atoms with E-state index in [1.165, 1.54) is 17.6 Å². The molecule has 2 aromatic carbocycles. The lowest BCUT2D eigenvalue weighted by atomic mass is 9.98. The summed E-state index contributed by atoms with van der Waals surface area (Å²) in [4.78, 5) is 13.5. The molecular formula is C24H31NO7S2. The molecule has 10 heteroatoms. The van der Waals surface area contributed by atoms with Gasteiger partial charge in [-0.3, -0.25) is 10.0 Å². The Kier molecular flexibility index (Phi) is 8.51. The molecule has 1 aliphatic heterocycles. The van der Waals surface area contributed by atoms with E-state index in [9.17, 15) is 13.2 Å². The van der Waals surface area contributed by atoms with Gasteiger partial charge in [0.25, 0.3) is 5.91 Å². The quantitative estimate of drug-likeness (QED) is 0.283. The second kappa shape index (κ2) is 11.0. The first-order valence-electron chi connectivity index (χ1n) is 10.9. The number of sulfone groups is 1. The minimum atomic E-state index is -4.06. The molecule has 0 unspecified atom stereocenters. The van der Waals surface area contributed by atoms with Gasteiger partial charge in [0.1, 0.15) is 11.5 Å². The second-order valence-corrected chi connectivity index (χ2v) is 12.2. The average molecular weight is 510 g/mol. The highest BCUT2D eigenvalue weighted by Crippen LogP contribution is 2.36. The van der Waals surface area contributed by atoms with Crippen molar-refractivity contribution in [2.75, 3.05) is 32.7 Å². The third-order valence-corrected chi connectivity index (χ3v) is 9.83. The Morgan fingerprint density at radius 1 is 1.09 bits per heavy atom. The first-order valence-corrected chi connectivity index (χ1v) is 13.4. The Bertz CT molecular complexity index is 1060. The summed E-state index contributed by atoms with van der Waals surface area (Å²) in [5.41, 5.74) is 1.38. The molecule has 0 saturated carbocycles. The molecular weight excluding hydrogens is 478 g/mol. The molecule has 1 amide bonds. The topological polar surface area (TPSA) is 111 Å². The zero-order chi connectivity index (χ0) is 24.8. The number of rotatable bonds is 10. The van der Waals surface area contributed by atoms with Crippen molar-refractivity contribution in [3.63, 3.8) is 0 Å². The molecule has 0 spiro atoms. The van der Waals surface area contributed by atoms with Crippen molar-refractivity contribution in [2.45, 2.75) is 41.2 Å². The maximum atomic E-state index is 13.3. The predicted molar refractivity (Wildman–Crippen MR) is 129 cm³/mol. The Morgan fingerprint density at radius 3 is 2.24 bits per heavy atom. The number of amides is 1. The van der Waals surface area contributed by atoms with Crippen LogP contribution in [0.1, 0.15) is 26.7 Å². The summed E-state index contributed by atoms with van der Waals surface area (Å²) >= 11 is 1.72. The van der Waals surface area contributed by atoms with Gasteiger partial charge in [-0.25, -0.2) is 13.9 Å². The van der Waals surface area contributed by atoms with Gasteiger partial charge in [0, 0.05) is 29.3 Å². The van der Waals surface area contributed by atoms with Crippen molar-refractivity contribution in [1.82, 2.24) is 5.48 Å². The van der Waals surface area contributed by atoms with Crippen LogP contribution in [-0.4, -0.2) is 57.0 Å². The predicted octanol–water partition coefficient (Wildman–Crippen LogP) is 3.72. The molecule has 0 atom stereocenters. The van der Waals surface area contributed by atoms with E-state index in [4.69, 9.17) is 19.4 Å². The number of nitrogens with one attached hydrogen (secondary N) is 1. The number of ether oxygens (including phenoxy) is 3. The molecule has 1 saturated heterocycles. The van der Waals surface area contributed by atoms with Crippen LogP contribution in [0.5, 0.6) is 11.5 Å². The minimum absolute atomic E-state index is 0.000304. The Hall–Kier alpha value is -2.27. The summed E-state index contributed by atoms with van der Waals surface area (Å²) in [5.74, 6) is 1.24. The third kappa shape index (κ3) is 5.86. The van der Waals surface area contributed by atoms with E-state index in [0.717, 1.165) is 16.4 Å². The number of methoxy groups -OCH3 is 1. The molecule has 0 aromatic heterocycles. The smallest absolute Gasteiger partial charge is 0.265 e. The van der Waals surface area contributed by atoms with Crippen molar-refractivity contribution in [1.29, 1.82) is 0 Å². The highest BCUT2D eigenvalue weighted by molar-refractivity contribution is 7.99. The Labute approximate surface area is 204 Å². The molecule has 1 fully saturated rings. The molecule has 186 valence electrons.